The number of rotatable bonds is 3. The maximum Gasteiger partial charge on any atom is 0.0879 e. The summed E-state index contributed by atoms with van der Waals surface area (Å²) >= 11 is 0. The van der Waals surface area contributed by atoms with Gasteiger partial charge in [-0.1, -0.05) is 6.08 Å². The quantitative estimate of drug-likeness (QED) is 0.613. The molecule has 18 heavy (non-hydrogen) atoms. The van der Waals surface area contributed by atoms with Gasteiger partial charge in [0.25, 0.3) is 0 Å². The topological polar surface area (TPSA) is 45.3 Å². The van der Waals surface area contributed by atoms with Crippen LogP contribution in [0.2, 0.25) is 0 Å². The standard InChI is InChI=1S/C15H22O3/c1-2-9-3-4-11-15(17-11)13(9)10-5-8(7-16)6-12-14(10)18-12/h2,8-16H,1,3-7H2. The fourth-order valence-electron chi connectivity index (χ4n) is 4.55. The molecule has 0 bridgehead atoms. The van der Waals surface area contributed by atoms with E-state index in [4.69, 9.17) is 9.47 Å². The molecule has 2 saturated heterocycles. The molecule has 0 radical (unpaired) electrons. The highest BCUT2D eigenvalue weighted by atomic mass is 16.6. The summed E-state index contributed by atoms with van der Waals surface area (Å²) in [5, 5.41) is 9.44. The van der Waals surface area contributed by atoms with Crippen molar-refractivity contribution in [2.75, 3.05) is 6.61 Å². The third-order valence-electron chi connectivity index (χ3n) is 5.55. The van der Waals surface area contributed by atoms with E-state index in [0.29, 0.717) is 54.7 Å². The molecule has 100 valence electrons. The molecule has 4 rings (SSSR count). The van der Waals surface area contributed by atoms with Crippen molar-refractivity contribution in [2.24, 2.45) is 23.7 Å². The Balaban J connectivity index is 1.55. The molecular weight excluding hydrogens is 228 g/mol. The van der Waals surface area contributed by atoms with Crippen molar-refractivity contribution in [2.45, 2.75) is 50.1 Å². The molecule has 3 heteroatoms. The predicted molar refractivity (Wildman–Crippen MR) is 67.0 cm³/mol. The van der Waals surface area contributed by atoms with Gasteiger partial charge in [0.2, 0.25) is 0 Å². The summed E-state index contributed by atoms with van der Waals surface area (Å²) < 4.78 is 11.7. The number of aliphatic hydroxyl groups excluding tert-OH is 1. The number of hydrogen-bond donors (Lipinski definition) is 1. The monoisotopic (exact) mass is 250 g/mol. The van der Waals surface area contributed by atoms with Crippen molar-refractivity contribution in [1.82, 2.24) is 0 Å². The second kappa shape index (κ2) is 4.06. The Morgan fingerprint density at radius 1 is 1.11 bits per heavy atom. The highest BCUT2D eigenvalue weighted by Gasteiger charge is 2.60. The maximum atomic E-state index is 9.44. The van der Waals surface area contributed by atoms with E-state index in [1.165, 1.54) is 12.8 Å². The number of hydrogen-bond acceptors (Lipinski definition) is 3. The SMILES string of the molecule is C=CC1CCC2OC2C1C1CC(CO)CC2OC21. The number of allylic oxidation sites excluding steroid dienone is 1. The van der Waals surface area contributed by atoms with Crippen molar-refractivity contribution in [3.05, 3.63) is 12.7 Å². The van der Waals surface area contributed by atoms with E-state index >= 15 is 0 Å². The molecule has 2 aliphatic carbocycles. The van der Waals surface area contributed by atoms with Gasteiger partial charge in [-0.15, -0.1) is 6.58 Å². The van der Waals surface area contributed by atoms with Crippen LogP contribution < -0.4 is 0 Å². The lowest BCUT2D eigenvalue weighted by Crippen LogP contribution is -2.39. The average molecular weight is 250 g/mol. The van der Waals surface area contributed by atoms with Gasteiger partial charge in [-0.25, -0.2) is 0 Å². The van der Waals surface area contributed by atoms with Gasteiger partial charge >= 0.3 is 0 Å². The largest absolute Gasteiger partial charge is 0.396 e. The van der Waals surface area contributed by atoms with E-state index in [9.17, 15) is 5.11 Å². The zero-order valence-electron chi connectivity index (χ0n) is 10.7. The fraction of sp³-hybridized carbons (Fsp3) is 0.867. The van der Waals surface area contributed by atoms with Gasteiger partial charge in [0.15, 0.2) is 0 Å². The predicted octanol–water partition coefficient (Wildman–Crippen LogP) is 1.75. The summed E-state index contributed by atoms with van der Waals surface area (Å²) in [4.78, 5) is 0. The van der Waals surface area contributed by atoms with Crippen LogP contribution in [0.1, 0.15) is 25.7 Å². The Morgan fingerprint density at radius 2 is 1.94 bits per heavy atom. The smallest absolute Gasteiger partial charge is 0.0879 e. The van der Waals surface area contributed by atoms with Gasteiger partial charge in [-0.2, -0.15) is 0 Å². The van der Waals surface area contributed by atoms with E-state index in [1.54, 1.807) is 0 Å². The molecule has 0 aromatic heterocycles. The van der Waals surface area contributed by atoms with Crippen molar-refractivity contribution >= 4 is 0 Å². The second-order valence-corrected chi connectivity index (χ2v) is 6.52. The number of aliphatic hydroxyl groups is 1. The molecule has 8 unspecified atom stereocenters. The molecule has 4 fully saturated rings. The number of epoxide rings is 2. The van der Waals surface area contributed by atoms with Crippen LogP contribution in [0.4, 0.5) is 0 Å². The van der Waals surface area contributed by atoms with Gasteiger partial charge in [0.05, 0.1) is 24.4 Å². The van der Waals surface area contributed by atoms with E-state index < -0.39 is 0 Å². The molecule has 3 nitrogen and oxygen atoms in total. The van der Waals surface area contributed by atoms with E-state index in [0.717, 1.165) is 12.8 Å². The molecule has 2 saturated carbocycles. The Kier molecular flexibility index (Phi) is 2.58. The zero-order valence-corrected chi connectivity index (χ0v) is 10.7. The van der Waals surface area contributed by atoms with Crippen molar-refractivity contribution < 1.29 is 14.6 Å². The van der Waals surface area contributed by atoms with Crippen LogP contribution in [-0.2, 0) is 9.47 Å². The van der Waals surface area contributed by atoms with Crippen LogP contribution >= 0.6 is 0 Å². The highest BCUT2D eigenvalue weighted by molar-refractivity contribution is 5.10. The van der Waals surface area contributed by atoms with Crippen LogP contribution in [0.3, 0.4) is 0 Å². The third kappa shape index (κ3) is 1.68. The Hall–Kier alpha value is -0.380. The van der Waals surface area contributed by atoms with Crippen LogP contribution in [0, 0.1) is 23.7 Å². The average Bonchev–Trinajstić information content (AvgIpc) is 3.28. The molecule has 0 aromatic carbocycles. The minimum atomic E-state index is 0.309. The fourth-order valence-corrected chi connectivity index (χ4v) is 4.55. The first-order valence-corrected chi connectivity index (χ1v) is 7.36. The van der Waals surface area contributed by atoms with Gasteiger partial charge in [0, 0.05) is 6.61 Å². The minimum absolute atomic E-state index is 0.309. The number of ether oxygens (including phenoxy) is 2. The summed E-state index contributed by atoms with van der Waals surface area (Å²) in [6.45, 7) is 4.32. The van der Waals surface area contributed by atoms with Crippen LogP contribution in [0.5, 0.6) is 0 Å². The summed E-state index contributed by atoms with van der Waals surface area (Å²) in [7, 11) is 0. The first-order valence-electron chi connectivity index (χ1n) is 7.36. The lowest BCUT2D eigenvalue weighted by molar-refractivity contribution is 0.108. The minimum Gasteiger partial charge on any atom is -0.396 e. The van der Waals surface area contributed by atoms with Gasteiger partial charge in [-0.3, -0.25) is 0 Å². The first-order chi connectivity index (χ1) is 8.81. The van der Waals surface area contributed by atoms with Gasteiger partial charge in [0.1, 0.15) is 0 Å². The number of fused-ring (bicyclic) bond motifs is 2. The van der Waals surface area contributed by atoms with E-state index in [-0.39, 0.29) is 0 Å². The molecule has 2 aliphatic heterocycles. The molecular formula is C15H22O3. The summed E-state index contributed by atoms with van der Waals surface area (Å²) in [6.07, 6.45) is 8.54. The lowest BCUT2D eigenvalue weighted by Gasteiger charge is -2.36. The molecule has 4 aliphatic rings. The molecule has 0 aromatic rings. The van der Waals surface area contributed by atoms with Crippen LogP contribution in [0.15, 0.2) is 12.7 Å². The molecule has 2 heterocycles. The van der Waals surface area contributed by atoms with Crippen molar-refractivity contribution in [3.63, 3.8) is 0 Å². The third-order valence-corrected chi connectivity index (χ3v) is 5.55. The molecule has 1 N–H and O–H groups in total. The summed E-state index contributed by atoms with van der Waals surface area (Å²) in [5.74, 6) is 2.19. The van der Waals surface area contributed by atoms with Crippen LogP contribution in [-0.4, -0.2) is 36.1 Å². The zero-order chi connectivity index (χ0) is 12.3. The van der Waals surface area contributed by atoms with Crippen molar-refractivity contribution in [3.8, 4) is 0 Å². The Labute approximate surface area is 108 Å². The lowest BCUT2D eigenvalue weighted by atomic mass is 9.66. The Bertz CT molecular complexity index is 356. The summed E-state index contributed by atoms with van der Waals surface area (Å²) in [5.41, 5.74) is 0. The van der Waals surface area contributed by atoms with E-state index in [1.807, 2.05) is 0 Å². The van der Waals surface area contributed by atoms with Gasteiger partial charge < -0.3 is 14.6 Å². The van der Waals surface area contributed by atoms with Crippen molar-refractivity contribution in [1.29, 1.82) is 0 Å². The van der Waals surface area contributed by atoms with Crippen LogP contribution in [0.25, 0.3) is 0 Å². The molecule has 8 atom stereocenters. The molecule has 0 spiro atoms. The van der Waals surface area contributed by atoms with E-state index in [2.05, 4.69) is 12.7 Å². The highest BCUT2D eigenvalue weighted by Crippen LogP contribution is 2.55. The summed E-state index contributed by atoms with van der Waals surface area (Å²) in [6, 6.07) is 0. The molecule has 0 amide bonds. The maximum absolute atomic E-state index is 9.44. The van der Waals surface area contributed by atoms with Gasteiger partial charge in [-0.05, 0) is 49.4 Å². The second-order valence-electron chi connectivity index (χ2n) is 6.52. The Morgan fingerprint density at radius 3 is 2.72 bits per heavy atom. The normalized spacial score (nSPS) is 57.4. The first kappa shape index (κ1) is 11.4.